The van der Waals surface area contributed by atoms with Gasteiger partial charge in [-0.25, -0.2) is 13.4 Å². The van der Waals surface area contributed by atoms with Gasteiger partial charge in [0.05, 0.1) is 11.4 Å². The zero-order valence-corrected chi connectivity index (χ0v) is 14.3. The van der Waals surface area contributed by atoms with Gasteiger partial charge in [0.1, 0.15) is 19.3 Å². The van der Waals surface area contributed by atoms with Crippen LogP contribution >= 0.6 is 0 Å². The third kappa shape index (κ3) is 3.27. The SMILES string of the molecule is O=S(=O)(c1ccc2c(c1)OCCO2)N1CCC(Oc2ccccn2)C1. The Morgan fingerprint density at radius 1 is 1.12 bits per heavy atom. The van der Waals surface area contributed by atoms with Gasteiger partial charge in [-0.1, -0.05) is 6.07 Å². The van der Waals surface area contributed by atoms with Crippen molar-refractivity contribution < 1.29 is 22.6 Å². The van der Waals surface area contributed by atoms with Crippen LogP contribution in [0.15, 0.2) is 47.5 Å². The molecule has 0 radical (unpaired) electrons. The molecule has 4 rings (SSSR count). The number of hydrogen-bond donors (Lipinski definition) is 0. The van der Waals surface area contributed by atoms with Crippen molar-refractivity contribution in [3.8, 4) is 17.4 Å². The smallest absolute Gasteiger partial charge is 0.243 e. The molecule has 3 heterocycles. The Kier molecular flexibility index (Phi) is 4.22. The van der Waals surface area contributed by atoms with Crippen molar-refractivity contribution >= 4 is 10.0 Å². The molecule has 2 aliphatic heterocycles. The molecule has 1 saturated heterocycles. The summed E-state index contributed by atoms with van der Waals surface area (Å²) >= 11 is 0. The molecule has 2 aromatic rings. The number of hydrogen-bond acceptors (Lipinski definition) is 6. The van der Waals surface area contributed by atoms with E-state index in [0.717, 1.165) is 0 Å². The molecule has 1 aromatic carbocycles. The first-order chi connectivity index (χ1) is 12.1. The second-order valence-corrected chi connectivity index (χ2v) is 7.80. The zero-order valence-electron chi connectivity index (χ0n) is 13.5. The number of aromatic nitrogens is 1. The Bertz CT molecular complexity index is 857. The Hall–Kier alpha value is -2.32. The summed E-state index contributed by atoms with van der Waals surface area (Å²) in [6.45, 7) is 1.60. The maximum Gasteiger partial charge on any atom is 0.243 e. The van der Waals surface area contributed by atoms with Crippen molar-refractivity contribution in [2.24, 2.45) is 0 Å². The number of ether oxygens (including phenoxy) is 3. The van der Waals surface area contributed by atoms with E-state index in [9.17, 15) is 8.42 Å². The average molecular weight is 362 g/mol. The summed E-state index contributed by atoms with van der Waals surface area (Å²) in [7, 11) is -3.60. The van der Waals surface area contributed by atoms with Crippen molar-refractivity contribution in [3.63, 3.8) is 0 Å². The van der Waals surface area contributed by atoms with Crippen molar-refractivity contribution in [2.75, 3.05) is 26.3 Å². The first-order valence-electron chi connectivity index (χ1n) is 8.10. The number of fused-ring (bicyclic) bond motifs is 1. The van der Waals surface area contributed by atoms with Crippen LogP contribution in [0.5, 0.6) is 17.4 Å². The molecular formula is C17H18N2O5S. The number of benzene rings is 1. The molecule has 132 valence electrons. The lowest BCUT2D eigenvalue weighted by atomic mass is 10.3. The molecule has 0 aliphatic carbocycles. The van der Waals surface area contributed by atoms with Crippen LogP contribution in [0, 0.1) is 0 Å². The van der Waals surface area contributed by atoms with Crippen LogP contribution in [0.1, 0.15) is 6.42 Å². The van der Waals surface area contributed by atoms with Crippen molar-refractivity contribution in [3.05, 3.63) is 42.6 Å². The normalized spacial score (nSPS) is 20.4. The van der Waals surface area contributed by atoms with Crippen LogP contribution in [-0.2, 0) is 10.0 Å². The van der Waals surface area contributed by atoms with Crippen LogP contribution < -0.4 is 14.2 Å². The minimum atomic E-state index is -3.60. The van der Waals surface area contributed by atoms with Crippen LogP contribution in [0.25, 0.3) is 0 Å². The van der Waals surface area contributed by atoms with Gasteiger partial charge >= 0.3 is 0 Å². The van der Waals surface area contributed by atoms with Crippen molar-refractivity contribution in [1.82, 2.24) is 9.29 Å². The summed E-state index contributed by atoms with van der Waals surface area (Å²) < 4.78 is 43.9. The van der Waals surface area contributed by atoms with Gasteiger partial charge in [0, 0.05) is 24.9 Å². The third-order valence-corrected chi connectivity index (χ3v) is 6.05. The maximum absolute atomic E-state index is 12.9. The standard InChI is InChI=1S/C17H18N2O5S/c20-25(21,14-4-5-15-16(11-14)23-10-9-22-15)19-8-6-13(12-19)24-17-3-1-2-7-18-17/h1-5,7,11,13H,6,8-10,12H2. The fourth-order valence-electron chi connectivity index (χ4n) is 2.93. The third-order valence-electron chi connectivity index (χ3n) is 4.18. The molecule has 0 spiro atoms. The van der Waals surface area contributed by atoms with Crippen LogP contribution in [0.2, 0.25) is 0 Å². The van der Waals surface area contributed by atoms with Gasteiger partial charge < -0.3 is 14.2 Å². The molecule has 0 amide bonds. The quantitative estimate of drug-likeness (QED) is 0.824. The topological polar surface area (TPSA) is 78.0 Å². The highest BCUT2D eigenvalue weighted by Gasteiger charge is 2.34. The summed E-state index contributed by atoms with van der Waals surface area (Å²) in [5.74, 6) is 1.54. The Morgan fingerprint density at radius 3 is 2.76 bits per heavy atom. The van der Waals surface area contributed by atoms with Gasteiger partial charge in [-0.05, 0) is 24.6 Å². The summed E-state index contributed by atoms with van der Waals surface area (Å²) in [4.78, 5) is 4.32. The van der Waals surface area contributed by atoms with E-state index in [0.29, 0.717) is 50.1 Å². The second-order valence-electron chi connectivity index (χ2n) is 5.87. The molecule has 1 fully saturated rings. The molecule has 1 atom stereocenters. The highest BCUT2D eigenvalue weighted by molar-refractivity contribution is 7.89. The summed E-state index contributed by atoms with van der Waals surface area (Å²) in [6.07, 6.45) is 2.07. The van der Waals surface area contributed by atoms with Gasteiger partial charge in [-0.3, -0.25) is 0 Å². The number of pyridine rings is 1. The molecular weight excluding hydrogens is 344 g/mol. The molecule has 7 nitrogen and oxygen atoms in total. The van der Waals surface area contributed by atoms with Crippen LogP contribution in [-0.4, -0.2) is 50.1 Å². The monoisotopic (exact) mass is 362 g/mol. The van der Waals surface area contributed by atoms with E-state index in [2.05, 4.69) is 4.98 Å². The van der Waals surface area contributed by atoms with E-state index in [-0.39, 0.29) is 11.0 Å². The van der Waals surface area contributed by atoms with E-state index < -0.39 is 10.0 Å². The lowest BCUT2D eigenvalue weighted by Crippen LogP contribution is -2.31. The van der Waals surface area contributed by atoms with Gasteiger partial charge in [-0.15, -0.1) is 0 Å². The van der Waals surface area contributed by atoms with Gasteiger partial charge in [-0.2, -0.15) is 4.31 Å². The molecule has 0 N–H and O–H groups in total. The largest absolute Gasteiger partial charge is 0.486 e. The Morgan fingerprint density at radius 2 is 1.96 bits per heavy atom. The van der Waals surface area contributed by atoms with E-state index in [1.54, 1.807) is 30.5 Å². The fourth-order valence-corrected chi connectivity index (χ4v) is 4.44. The molecule has 2 aliphatic rings. The Labute approximate surface area is 146 Å². The maximum atomic E-state index is 12.9. The molecule has 1 unspecified atom stereocenters. The number of rotatable bonds is 4. The van der Waals surface area contributed by atoms with E-state index >= 15 is 0 Å². The minimum Gasteiger partial charge on any atom is -0.486 e. The Balaban J connectivity index is 1.49. The first kappa shape index (κ1) is 16.2. The highest BCUT2D eigenvalue weighted by Crippen LogP contribution is 2.34. The molecule has 0 saturated carbocycles. The zero-order chi connectivity index (χ0) is 17.3. The summed E-state index contributed by atoms with van der Waals surface area (Å²) in [6, 6.07) is 10.1. The highest BCUT2D eigenvalue weighted by atomic mass is 32.2. The van der Waals surface area contributed by atoms with E-state index in [4.69, 9.17) is 14.2 Å². The van der Waals surface area contributed by atoms with Gasteiger partial charge in [0.25, 0.3) is 0 Å². The molecule has 1 aromatic heterocycles. The predicted molar refractivity (Wildman–Crippen MR) is 89.5 cm³/mol. The van der Waals surface area contributed by atoms with Crippen LogP contribution in [0.4, 0.5) is 0 Å². The second kappa shape index (κ2) is 6.53. The summed E-state index contributed by atoms with van der Waals surface area (Å²) in [5, 5.41) is 0. The van der Waals surface area contributed by atoms with E-state index in [1.165, 1.54) is 10.4 Å². The predicted octanol–water partition coefficient (Wildman–Crippen LogP) is 1.69. The minimum absolute atomic E-state index is 0.204. The van der Waals surface area contributed by atoms with Crippen molar-refractivity contribution in [2.45, 2.75) is 17.4 Å². The first-order valence-corrected chi connectivity index (χ1v) is 9.54. The molecule has 0 bridgehead atoms. The van der Waals surface area contributed by atoms with E-state index in [1.807, 2.05) is 6.07 Å². The lowest BCUT2D eigenvalue weighted by molar-refractivity contribution is 0.171. The average Bonchev–Trinajstić information content (AvgIpc) is 3.11. The number of nitrogens with zero attached hydrogens (tertiary/aromatic N) is 2. The molecule has 25 heavy (non-hydrogen) atoms. The van der Waals surface area contributed by atoms with Gasteiger partial charge in [0.15, 0.2) is 11.5 Å². The fraction of sp³-hybridized carbons (Fsp3) is 0.353. The van der Waals surface area contributed by atoms with Crippen LogP contribution in [0.3, 0.4) is 0 Å². The summed E-state index contributed by atoms with van der Waals surface area (Å²) in [5.41, 5.74) is 0. The lowest BCUT2D eigenvalue weighted by Gasteiger charge is -2.21. The number of sulfonamides is 1. The molecule has 8 heteroatoms. The van der Waals surface area contributed by atoms with Gasteiger partial charge in [0.2, 0.25) is 15.9 Å². The van der Waals surface area contributed by atoms with Crippen molar-refractivity contribution in [1.29, 1.82) is 0 Å².